The molecule has 0 spiro atoms. The summed E-state index contributed by atoms with van der Waals surface area (Å²) in [4.78, 5) is 24.1. The van der Waals surface area contributed by atoms with E-state index in [-0.39, 0.29) is 11.7 Å². The zero-order chi connectivity index (χ0) is 14.9. The number of hydrogen-bond acceptors (Lipinski definition) is 4. The fraction of sp³-hybridized carbons (Fsp3) is 0.250. The molecule has 0 N–H and O–H groups in total. The second kappa shape index (κ2) is 5.76. The Labute approximate surface area is 127 Å². The molecule has 0 aliphatic rings. The first-order valence-corrected chi connectivity index (χ1v) is 7.36. The molecule has 2 rings (SSSR count). The summed E-state index contributed by atoms with van der Waals surface area (Å²) in [7, 11) is 3.19. The van der Waals surface area contributed by atoms with E-state index < -0.39 is 4.92 Å². The number of hydrogen-bond donors (Lipinski definition) is 0. The largest absolute Gasteiger partial charge is 0.358 e. The summed E-state index contributed by atoms with van der Waals surface area (Å²) in [6.45, 7) is 0.458. The molecule has 1 amide bonds. The van der Waals surface area contributed by atoms with Crippen molar-refractivity contribution in [1.29, 1.82) is 0 Å². The van der Waals surface area contributed by atoms with Crippen LogP contribution in [0.25, 0.3) is 0 Å². The first kappa shape index (κ1) is 14.7. The zero-order valence-electron chi connectivity index (χ0n) is 10.9. The highest BCUT2D eigenvalue weighted by Gasteiger charge is 2.23. The number of nitro groups is 1. The molecule has 20 heavy (non-hydrogen) atoms. The Balaban J connectivity index is 2.16. The molecule has 0 saturated heterocycles. The first-order chi connectivity index (χ1) is 9.40. The number of nitrogens with zero attached hydrogens (tertiary/aromatic N) is 3. The van der Waals surface area contributed by atoms with E-state index in [2.05, 4.69) is 15.9 Å². The van der Waals surface area contributed by atoms with Crippen molar-refractivity contribution in [3.8, 4) is 0 Å². The summed E-state index contributed by atoms with van der Waals surface area (Å²) in [6, 6.07) is 4.75. The first-order valence-electron chi connectivity index (χ1n) is 5.68. The van der Waals surface area contributed by atoms with Gasteiger partial charge in [-0.15, -0.1) is 11.3 Å². The molecule has 0 unspecified atom stereocenters. The number of thiophene rings is 1. The van der Waals surface area contributed by atoms with Crippen molar-refractivity contribution in [2.24, 2.45) is 7.05 Å². The smallest absolute Gasteiger partial charge is 0.323 e. The minimum atomic E-state index is -0.507. The molecule has 0 fully saturated rings. The van der Waals surface area contributed by atoms with Gasteiger partial charge < -0.3 is 15.0 Å². The highest BCUT2D eigenvalue weighted by molar-refractivity contribution is 9.11. The van der Waals surface area contributed by atoms with Crippen LogP contribution in [0.15, 0.2) is 27.4 Å². The molecule has 0 aromatic carbocycles. The van der Waals surface area contributed by atoms with Crippen LogP contribution >= 0.6 is 27.3 Å². The monoisotopic (exact) mass is 357 g/mol. The second-order valence-corrected chi connectivity index (χ2v) is 6.60. The van der Waals surface area contributed by atoms with Gasteiger partial charge in [0.1, 0.15) is 0 Å². The van der Waals surface area contributed by atoms with Crippen molar-refractivity contribution >= 4 is 39.0 Å². The van der Waals surface area contributed by atoms with Crippen LogP contribution in [0.1, 0.15) is 16.1 Å². The number of carbonyl (C=O) groups excluding carboxylic acids is 1. The normalized spacial score (nSPS) is 10.6. The van der Waals surface area contributed by atoms with Gasteiger partial charge in [-0.25, -0.2) is 4.57 Å². The van der Waals surface area contributed by atoms with Crippen molar-refractivity contribution in [2.75, 3.05) is 7.05 Å². The molecule has 2 aromatic heterocycles. The minimum Gasteiger partial charge on any atom is -0.358 e. The van der Waals surface area contributed by atoms with Gasteiger partial charge in [-0.2, -0.15) is 0 Å². The number of carbonyl (C=O) groups is 1. The third-order valence-electron chi connectivity index (χ3n) is 2.89. The summed E-state index contributed by atoms with van der Waals surface area (Å²) < 4.78 is 2.30. The van der Waals surface area contributed by atoms with Crippen LogP contribution in [-0.4, -0.2) is 27.3 Å². The molecule has 6 nitrogen and oxygen atoms in total. The van der Waals surface area contributed by atoms with Gasteiger partial charge in [0.05, 0.1) is 10.8 Å². The van der Waals surface area contributed by atoms with E-state index in [9.17, 15) is 14.9 Å². The predicted octanol–water partition coefficient (Wildman–Crippen LogP) is 3.03. The lowest BCUT2D eigenvalue weighted by Gasteiger charge is -2.15. The Morgan fingerprint density at radius 2 is 2.25 bits per heavy atom. The Bertz CT molecular complexity index is 665. The number of aromatic nitrogens is 1. The molecule has 2 heterocycles. The van der Waals surface area contributed by atoms with Gasteiger partial charge in [0.25, 0.3) is 5.91 Å². The number of halogens is 1. The van der Waals surface area contributed by atoms with Crippen molar-refractivity contribution in [2.45, 2.75) is 6.54 Å². The Kier molecular flexibility index (Phi) is 4.24. The van der Waals surface area contributed by atoms with Crippen LogP contribution in [-0.2, 0) is 13.6 Å². The number of amides is 1. The molecular weight excluding hydrogens is 346 g/mol. The van der Waals surface area contributed by atoms with E-state index in [1.165, 1.54) is 28.6 Å². The van der Waals surface area contributed by atoms with E-state index in [1.54, 1.807) is 18.4 Å². The lowest BCUT2D eigenvalue weighted by atomic mass is 10.3. The van der Waals surface area contributed by atoms with Gasteiger partial charge >= 0.3 is 5.82 Å². The standard InChI is InChI=1S/C12H12BrN3O3S/c1-14(6-8-5-10(13)20-7-8)12(17)9-3-4-11(15(9)2)16(18)19/h3-5,7H,6H2,1-2H3. The summed E-state index contributed by atoms with van der Waals surface area (Å²) in [6.07, 6.45) is 0. The average molecular weight is 358 g/mol. The molecule has 2 aromatic rings. The zero-order valence-corrected chi connectivity index (χ0v) is 13.3. The molecule has 0 atom stereocenters. The predicted molar refractivity (Wildman–Crippen MR) is 79.9 cm³/mol. The summed E-state index contributed by atoms with van der Waals surface area (Å²) in [5.74, 6) is -0.344. The van der Waals surface area contributed by atoms with Gasteiger partial charge in [0.2, 0.25) is 0 Å². The molecule has 0 bridgehead atoms. The third kappa shape index (κ3) is 2.91. The molecular formula is C12H12BrN3O3S. The lowest BCUT2D eigenvalue weighted by Crippen LogP contribution is -2.27. The van der Waals surface area contributed by atoms with Crippen molar-refractivity contribution in [3.05, 3.63) is 48.7 Å². The second-order valence-electron chi connectivity index (χ2n) is 4.31. The van der Waals surface area contributed by atoms with Crippen LogP contribution in [0.3, 0.4) is 0 Å². The fourth-order valence-corrected chi connectivity index (χ4v) is 3.07. The number of rotatable bonds is 4. The summed E-state index contributed by atoms with van der Waals surface area (Å²) in [5, 5.41) is 12.7. The molecule has 0 radical (unpaired) electrons. The van der Waals surface area contributed by atoms with Crippen LogP contribution in [0, 0.1) is 10.1 Å². The maximum absolute atomic E-state index is 12.3. The quantitative estimate of drug-likeness (QED) is 0.623. The third-order valence-corrected chi connectivity index (χ3v) is 4.44. The summed E-state index contributed by atoms with van der Waals surface area (Å²) >= 11 is 4.92. The van der Waals surface area contributed by atoms with E-state index >= 15 is 0 Å². The fourth-order valence-electron chi connectivity index (χ4n) is 1.87. The topological polar surface area (TPSA) is 68.4 Å². The van der Waals surface area contributed by atoms with Gasteiger partial charge in [-0.3, -0.25) is 4.79 Å². The average Bonchev–Trinajstić information content (AvgIpc) is 2.94. The SMILES string of the molecule is CN(Cc1csc(Br)c1)C(=O)c1ccc([N+](=O)[O-])n1C. The van der Waals surface area contributed by atoms with Gasteiger partial charge in [0, 0.05) is 19.7 Å². The lowest BCUT2D eigenvalue weighted by molar-refractivity contribution is -0.391. The van der Waals surface area contributed by atoms with Crippen LogP contribution in [0.2, 0.25) is 0 Å². The van der Waals surface area contributed by atoms with Gasteiger partial charge in [-0.05, 0) is 43.9 Å². The molecule has 0 saturated carbocycles. The Morgan fingerprint density at radius 3 is 2.75 bits per heavy atom. The summed E-state index contributed by atoms with van der Waals surface area (Å²) in [5.41, 5.74) is 1.31. The van der Waals surface area contributed by atoms with Crippen molar-refractivity contribution in [1.82, 2.24) is 9.47 Å². The van der Waals surface area contributed by atoms with Crippen molar-refractivity contribution < 1.29 is 9.72 Å². The van der Waals surface area contributed by atoms with Crippen molar-refractivity contribution in [3.63, 3.8) is 0 Å². The maximum Gasteiger partial charge on any atom is 0.323 e. The van der Waals surface area contributed by atoms with Crippen LogP contribution in [0.5, 0.6) is 0 Å². The molecule has 0 aliphatic carbocycles. The van der Waals surface area contributed by atoms with E-state index in [1.807, 2.05) is 11.4 Å². The van der Waals surface area contributed by atoms with Gasteiger partial charge in [-0.1, -0.05) is 0 Å². The highest BCUT2D eigenvalue weighted by atomic mass is 79.9. The van der Waals surface area contributed by atoms with Crippen LogP contribution < -0.4 is 0 Å². The van der Waals surface area contributed by atoms with Gasteiger partial charge in [0.15, 0.2) is 5.69 Å². The molecule has 106 valence electrons. The minimum absolute atomic E-state index is 0.0972. The van der Waals surface area contributed by atoms with E-state index in [4.69, 9.17) is 0 Å². The Hall–Kier alpha value is -1.67. The maximum atomic E-state index is 12.3. The van der Waals surface area contributed by atoms with Crippen LogP contribution in [0.4, 0.5) is 5.82 Å². The molecule has 8 heteroatoms. The Morgan fingerprint density at radius 1 is 1.55 bits per heavy atom. The van der Waals surface area contributed by atoms with E-state index in [0.29, 0.717) is 12.2 Å². The highest BCUT2D eigenvalue weighted by Crippen LogP contribution is 2.22. The van der Waals surface area contributed by atoms with E-state index in [0.717, 1.165) is 9.35 Å². The molecule has 0 aliphatic heterocycles.